The molecule has 0 saturated carbocycles. The number of likely N-dealkylation sites (tertiary alicyclic amines) is 1. The van der Waals surface area contributed by atoms with Gasteiger partial charge in [0.2, 0.25) is 0 Å². The number of amides is 1. The van der Waals surface area contributed by atoms with Crippen LogP contribution in [0.15, 0.2) is 60.7 Å². The summed E-state index contributed by atoms with van der Waals surface area (Å²) in [6.45, 7) is 6.60. The highest BCUT2D eigenvalue weighted by atomic mass is 32.1. The van der Waals surface area contributed by atoms with Crippen molar-refractivity contribution in [3.63, 3.8) is 0 Å². The molecule has 0 spiro atoms. The Morgan fingerprint density at radius 3 is 2.56 bits per heavy atom. The Bertz CT molecular complexity index is 1040. The minimum atomic E-state index is -0.0620. The van der Waals surface area contributed by atoms with E-state index in [9.17, 15) is 4.79 Å². The summed E-state index contributed by atoms with van der Waals surface area (Å²) in [4.78, 5) is 16.8. The van der Waals surface area contributed by atoms with Crippen molar-refractivity contribution in [1.29, 1.82) is 0 Å². The van der Waals surface area contributed by atoms with E-state index in [-0.39, 0.29) is 11.9 Å². The Kier molecular flexibility index (Phi) is 7.28. The minimum absolute atomic E-state index is 0.0620. The van der Waals surface area contributed by atoms with Crippen LogP contribution in [0, 0.1) is 5.92 Å². The van der Waals surface area contributed by atoms with Gasteiger partial charge in [0.05, 0.1) is 13.2 Å². The summed E-state index contributed by atoms with van der Waals surface area (Å²) < 4.78 is 5.54. The molecule has 32 heavy (non-hydrogen) atoms. The quantitative estimate of drug-likeness (QED) is 0.455. The third kappa shape index (κ3) is 5.05. The molecular weight excluding hydrogens is 416 g/mol. The first-order valence-corrected chi connectivity index (χ1v) is 12.3. The SMILES string of the molecule is CCc1cc([C@@H](c2cccc(OC)c2)N2CCC(C)CC2)c(NC(=O)c2ccccc2)s1. The highest BCUT2D eigenvalue weighted by Crippen LogP contribution is 2.41. The molecular formula is C27H32N2O2S. The van der Waals surface area contributed by atoms with E-state index in [1.165, 1.54) is 28.8 Å². The molecule has 4 rings (SSSR count). The number of benzene rings is 2. The number of piperidine rings is 1. The molecule has 1 amide bonds. The predicted octanol–water partition coefficient (Wildman–Crippen LogP) is 6.39. The smallest absolute Gasteiger partial charge is 0.256 e. The van der Waals surface area contributed by atoms with Gasteiger partial charge in [-0.15, -0.1) is 11.3 Å². The highest BCUT2D eigenvalue weighted by Gasteiger charge is 2.30. The van der Waals surface area contributed by atoms with E-state index in [2.05, 4.69) is 48.3 Å². The van der Waals surface area contributed by atoms with Gasteiger partial charge in [-0.3, -0.25) is 9.69 Å². The second-order valence-corrected chi connectivity index (χ2v) is 9.71. The van der Waals surface area contributed by atoms with Crippen LogP contribution in [0.25, 0.3) is 0 Å². The summed E-state index contributed by atoms with van der Waals surface area (Å²) in [5, 5.41) is 4.18. The second kappa shape index (κ2) is 10.3. The van der Waals surface area contributed by atoms with Crippen LogP contribution in [-0.4, -0.2) is 31.0 Å². The van der Waals surface area contributed by atoms with Crippen LogP contribution >= 0.6 is 11.3 Å². The fourth-order valence-electron chi connectivity index (χ4n) is 4.38. The number of carbonyl (C=O) groups excluding carboxylic acids is 1. The predicted molar refractivity (Wildman–Crippen MR) is 133 cm³/mol. The van der Waals surface area contributed by atoms with Crippen LogP contribution in [0.2, 0.25) is 0 Å². The van der Waals surface area contributed by atoms with Crippen molar-refractivity contribution in [2.75, 3.05) is 25.5 Å². The van der Waals surface area contributed by atoms with Crippen LogP contribution in [0.1, 0.15) is 59.1 Å². The Hall–Kier alpha value is -2.63. The minimum Gasteiger partial charge on any atom is -0.497 e. The second-order valence-electron chi connectivity index (χ2n) is 8.57. The molecule has 0 aliphatic carbocycles. The molecule has 1 aliphatic rings. The molecule has 2 heterocycles. The molecule has 2 aromatic carbocycles. The van der Waals surface area contributed by atoms with E-state index >= 15 is 0 Å². The number of carbonyl (C=O) groups is 1. The van der Waals surface area contributed by atoms with Gasteiger partial charge in [-0.1, -0.05) is 44.2 Å². The standard InChI is InChI=1S/C27H32N2O2S/c1-4-23-18-24(27(32-23)28-26(30)20-9-6-5-7-10-20)25(29-15-13-19(2)14-16-29)21-11-8-12-22(17-21)31-3/h5-12,17-19,25H,4,13-16H2,1-3H3,(H,28,30)/t25-/m1/s1. The van der Waals surface area contributed by atoms with Crippen molar-refractivity contribution in [1.82, 2.24) is 4.90 Å². The summed E-state index contributed by atoms with van der Waals surface area (Å²) >= 11 is 1.69. The average molecular weight is 449 g/mol. The topological polar surface area (TPSA) is 41.6 Å². The van der Waals surface area contributed by atoms with E-state index < -0.39 is 0 Å². The molecule has 0 unspecified atom stereocenters. The molecule has 1 saturated heterocycles. The molecule has 1 aliphatic heterocycles. The maximum Gasteiger partial charge on any atom is 0.256 e. The number of methoxy groups -OCH3 is 1. The van der Waals surface area contributed by atoms with Gasteiger partial charge in [-0.25, -0.2) is 0 Å². The molecule has 168 valence electrons. The highest BCUT2D eigenvalue weighted by molar-refractivity contribution is 7.16. The molecule has 1 fully saturated rings. The van der Waals surface area contributed by atoms with Gasteiger partial charge in [0, 0.05) is 16.0 Å². The maximum absolute atomic E-state index is 13.0. The average Bonchev–Trinajstić information content (AvgIpc) is 3.23. The number of thiophene rings is 1. The van der Waals surface area contributed by atoms with Crippen molar-refractivity contribution in [3.8, 4) is 5.75 Å². The fourth-order valence-corrected chi connectivity index (χ4v) is 5.41. The molecule has 1 atom stereocenters. The van der Waals surface area contributed by atoms with Crippen molar-refractivity contribution >= 4 is 22.2 Å². The zero-order chi connectivity index (χ0) is 22.5. The number of nitrogens with one attached hydrogen (secondary N) is 1. The number of anilines is 1. The molecule has 5 heteroatoms. The van der Waals surface area contributed by atoms with Gasteiger partial charge in [-0.2, -0.15) is 0 Å². The van der Waals surface area contributed by atoms with E-state index in [0.29, 0.717) is 5.56 Å². The van der Waals surface area contributed by atoms with Gasteiger partial charge >= 0.3 is 0 Å². The van der Waals surface area contributed by atoms with Crippen LogP contribution in [-0.2, 0) is 6.42 Å². The van der Waals surface area contributed by atoms with E-state index in [4.69, 9.17) is 4.74 Å². The number of rotatable bonds is 7. The number of hydrogen-bond acceptors (Lipinski definition) is 4. The number of nitrogens with zero attached hydrogens (tertiary/aromatic N) is 1. The van der Waals surface area contributed by atoms with Crippen molar-refractivity contribution in [2.45, 2.75) is 39.2 Å². The molecule has 1 N–H and O–H groups in total. The normalized spacial score (nSPS) is 16.0. The van der Waals surface area contributed by atoms with Gasteiger partial charge < -0.3 is 10.1 Å². The molecule has 1 aromatic heterocycles. The van der Waals surface area contributed by atoms with Crippen LogP contribution in [0.4, 0.5) is 5.00 Å². The third-order valence-electron chi connectivity index (χ3n) is 6.31. The van der Waals surface area contributed by atoms with Crippen LogP contribution in [0.5, 0.6) is 5.75 Å². The monoisotopic (exact) mass is 448 g/mol. The summed E-state index contributed by atoms with van der Waals surface area (Å²) in [5.41, 5.74) is 3.06. The first-order valence-electron chi connectivity index (χ1n) is 11.5. The van der Waals surface area contributed by atoms with E-state index in [0.717, 1.165) is 36.2 Å². The molecule has 3 aromatic rings. The van der Waals surface area contributed by atoms with E-state index in [1.54, 1.807) is 18.4 Å². The Morgan fingerprint density at radius 1 is 1.12 bits per heavy atom. The fraction of sp³-hybridized carbons (Fsp3) is 0.370. The summed E-state index contributed by atoms with van der Waals surface area (Å²) in [7, 11) is 1.71. The summed E-state index contributed by atoms with van der Waals surface area (Å²) in [5.74, 6) is 1.55. The number of ether oxygens (including phenoxy) is 1. The van der Waals surface area contributed by atoms with Crippen LogP contribution in [0.3, 0.4) is 0 Å². The van der Waals surface area contributed by atoms with Gasteiger partial charge in [0.15, 0.2) is 0 Å². The third-order valence-corrected chi connectivity index (χ3v) is 7.52. The van der Waals surface area contributed by atoms with Crippen molar-refractivity contribution < 1.29 is 9.53 Å². The van der Waals surface area contributed by atoms with Gasteiger partial charge in [-0.05, 0) is 74.2 Å². The van der Waals surface area contributed by atoms with Crippen LogP contribution < -0.4 is 10.1 Å². The maximum atomic E-state index is 13.0. The number of aryl methyl sites for hydroxylation is 1. The first-order chi connectivity index (χ1) is 15.6. The Morgan fingerprint density at radius 2 is 1.88 bits per heavy atom. The Labute approximate surface area is 195 Å². The summed E-state index contributed by atoms with van der Waals surface area (Å²) in [6, 6.07) is 20.2. The zero-order valence-electron chi connectivity index (χ0n) is 19.1. The molecule has 4 nitrogen and oxygen atoms in total. The molecule has 0 bridgehead atoms. The van der Waals surface area contributed by atoms with Crippen molar-refractivity contribution in [2.24, 2.45) is 5.92 Å². The number of hydrogen-bond donors (Lipinski definition) is 1. The lowest BCUT2D eigenvalue weighted by atomic mass is 9.92. The van der Waals surface area contributed by atoms with Crippen molar-refractivity contribution in [3.05, 3.63) is 82.2 Å². The first kappa shape index (κ1) is 22.6. The molecule has 0 radical (unpaired) electrons. The van der Waals surface area contributed by atoms with Gasteiger partial charge in [0.25, 0.3) is 5.91 Å². The lowest BCUT2D eigenvalue weighted by molar-refractivity contribution is 0.102. The largest absolute Gasteiger partial charge is 0.497 e. The Balaban J connectivity index is 1.74. The summed E-state index contributed by atoms with van der Waals surface area (Å²) in [6.07, 6.45) is 3.33. The lowest BCUT2D eigenvalue weighted by Crippen LogP contribution is -2.37. The lowest BCUT2D eigenvalue weighted by Gasteiger charge is -2.37. The van der Waals surface area contributed by atoms with Gasteiger partial charge in [0.1, 0.15) is 10.8 Å². The zero-order valence-corrected chi connectivity index (χ0v) is 20.0. The van der Waals surface area contributed by atoms with E-state index in [1.807, 2.05) is 36.4 Å².